The van der Waals surface area contributed by atoms with Gasteiger partial charge >= 0.3 is 71.6 Å². The van der Waals surface area contributed by atoms with Crippen molar-refractivity contribution in [3.8, 4) is 0 Å². The maximum atomic E-state index is 13.7. The molecule has 0 aromatic rings. The van der Waals surface area contributed by atoms with Crippen LogP contribution in [0.3, 0.4) is 0 Å². The molecule has 0 saturated heterocycles. The van der Waals surface area contributed by atoms with Crippen LogP contribution in [0.5, 0.6) is 0 Å². The molecule has 0 aromatic carbocycles. The predicted octanol–water partition coefficient (Wildman–Crippen LogP) is 5.47. The van der Waals surface area contributed by atoms with E-state index < -0.39 is 110 Å². The molecule has 0 fully saturated rings. The van der Waals surface area contributed by atoms with E-state index in [-0.39, 0.29) is 26.2 Å². The third-order valence-electron chi connectivity index (χ3n) is 6.57. The van der Waals surface area contributed by atoms with Gasteiger partial charge in [-0.1, -0.05) is 0 Å². The molecule has 5 N–H and O–H groups in total. The number of hydrogen-bond donors (Lipinski definition) is 5. The Bertz CT molecular complexity index is 1200. The summed E-state index contributed by atoms with van der Waals surface area (Å²) in [5.41, 5.74) is 0. The van der Waals surface area contributed by atoms with Crippen LogP contribution in [-0.4, -0.2) is 136 Å². The summed E-state index contributed by atoms with van der Waals surface area (Å²) in [6, 6.07) is 0. The van der Waals surface area contributed by atoms with Crippen molar-refractivity contribution in [1.82, 2.24) is 26.6 Å². The maximum absolute atomic E-state index is 13.7. The van der Waals surface area contributed by atoms with Crippen LogP contribution in [0.1, 0.15) is 0 Å². The Kier molecular flexibility index (Phi) is 15.6. The highest BCUT2D eigenvalue weighted by Gasteiger charge is 2.93. The first kappa shape index (κ1) is 52.0. The molecule has 0 aliphatic carbocycles. The molecule has 0 radical (unpaired) electrons. The normalized spacial score (nSPS) is 15.3. The molecule has 328 valence electrons. The third-order valence-corrected chi connectivity index (χ3v) is 6.57. The van der Waals surface area contributed by atoms with Gasteiger partial charge in [-0.05, 0) is 0 Å². The van der Waals surface area contributed by atoms with Crippen molar-refractivity contribution < 1.29 is 124 Å². The standard InChI is InChI=1S/C22H21F26N5O2/c23-11(24,13(27,28)15(31,32)17(35,36)19(39,40)21(43,44)45)9(54)52-7-5-50-3-1-49-2-4-51-6-8-53-10(55)12(25,26)14(29,30)16(33,34)18(37,38)20(41,42)22(46,47)48/h49-51H,1-8H2,(H,52,54)(H,53,55). The van der Waals surface area contributed by atoms with E-state index in [0.29, 0.717) is 0 Å². The highest BCUT2D eigenvalue weighted by atomic mass is 19.4. The zero-order valence-corrected chi connectivity index (χ0v) is 25.8. The average molecular weight is 881 g/mol. The molecule has 33 heteroatoms. The van der Waals surface area contributed by atoms with Gasteiger partial charge in [0.05, 0.1) is 0 Å². The number of nitrogens with one attached hydrogen (secondary N) is 5. The first-order valence-corrected chi connectivity index (χ1v) is 13.7. The minimum atomic E-state index is -8.21. The van der Waals surface area contributed by atoms with Crippen LogP contribution in [0.15, 0.2) is 0 Å². The third kappa shape index (κ3) is 9.26. The van der Waals surface area contributed by atoms with Gasteiger partial charge in [-0.25, -0.2) is 0 Å². The topological polar surface area (TPSA) is 94.3 Å². The Labute approximate surface area is 287 Å². The SMILES string of the molecule is O=C(NCCNCCNCCNCCNC(=O)C(F)(F)C(F)(F)C(F)(F)C(F)(F)C(F)(F)C(F)(F)F)C(F)(F)C(F)(F)C(F)(F)C(F)(F)C(F)(F)C(F)(F)F. The van der Waals surface area contributed by atoms with Gasteiger partial charge in [-0.2, -0.15) is 114 Å². The van der Waals surface area contributed by atoms with Gasteiger partial charge in [0.2, 0.25) is 0 Å². The zero-order chi connectivity index (χ0) is 44.3. The summed E-state index contributed by atoms with van der Waals surface area (Å²) >= 11 is 0. The molecule has 0 aliphatic heterocycles. The van der Waals surface area contributed by atoms with Crippen LogP contribution < -0.4 is 26.6 Å². The van der Waals surface area contributed by atoms with E-state index in [1.165, 1.54) is 0 Å². The number of carbonyl (C=O) groups is 2. The fourth-order valence-corrected chi connectivity index (χ4v) is 3.30. The lowest BCUT2D eigenvalue weighted by molar-refractivity contribution is -0.436. The van der Waals surface area contributed by atoms with Crippen LogP contribution in [0, 0.1) is 0 Å². The van der Waals surface area contributed by atoms with Gasteiger partial charge < -0.3 is 26.6 Å². The van der Waals surface area contributed by atoms with Crippen LogP contribution in [0.4, 0.5) is 114 Å². The van der Waals surface area contributed by atoms with E-state index in [1.54, 1.807) is 0 Å². The van der Waals surface area contributed by atoms with Crippen molar-refractivity contribution in [1.29, 1.82) is 0 Å². The Morgan fingerprint density at radius 2 is 0.455 bits per heavy atom. The van der Waals surface area contributed by atoms with Crippen molar-refractivity contribution >= 4 is 11.8 Å². The van der Waals surface area contributed by atoms with Crippen LogP contribution >= 0.6 is 0 Å². The number of hydrogen-bond acceptors (Lipinski definition) is 5. The van der Waals surface area contributed by atoms with Crippen LogP contribution in [-0.2, 0) is 9.59 Å². The summed E-state index contributed by atoms with van der Waals surface area (Å²) < 4.78 is 340. The fourth-order valence-electron chi connectivity index (χ4n) is 3.30. The van der Waals surface area contributed by atoms with Crippen molar-refractivity contribution in [2.75, 3.05) is 52.4 Å². The smallest absolute Gasteiger partial charge is 0.349 e. The Morgan fingerprint density at radius 3 is 0.655 bits per heavy atom. The van der Waals surface area contributed by atoms with E-state index in [9.17, 15) is 124 Å². The second-order valence-electron chi connectivity index (χ2n) is 10.5. The molecule has 55 heavy (non-hydrogen) atoms. The van der Waals surface area contributed by atoms with Crippen molar-refractivity contribution in [3.63, 3.8) is 0 Å². The first-order valence-electron chi connectivity index (χ1n) is 13.7. The second-order valence-corrected chi connectivity index (χ2v) is 10.5. The molecule has 0 unspecified atom stereocenters. The zero-order valence-electron chi connectivity index (χ0n) is 25.8. The molecule has 0 bridgehead atoms. The fraction of sp³-hybridized carbons (Fsp3) is 0.909. The van der Waals surface area contributed by atoms with Crippen LogP contribution in [0.2, 0.25) is 0 Å². The monoisotopic (exact) mass is 881 g/mol. The molecule has 0 heterocycles. The van der Waals surface area contributed by atoms with E-state index in [2.05, 4.69) is 16.0 Å². The molecule has 0 saturated carbocycles. The molecule has 0 aromatic heterocycles. The number of rotatable bonds is 22. The van der Waals surface area contributed by atoms with Gasteiger partial charge in [0.15, 0.2) is 0 Å². The van der Waals surface area contributed by atoms with Gasteiger partial charge in [-0.15, -0.1) is 0 Å². The van der Waals surface area contributed by atoms with E-state index in [1.807, 2.05) is 0 Å². The Balaban J connectivity index is 4.78. The molecule has 0 rings (SSSR count). The van der Waals surface area contributed by atoms with Crippen molar-refractivity contribution in [3.05, 3.63) is 0 Å². The molecule has 0 aliphatic rings. The minimum absolute atomic E-state index is 0.206. The highest BCUT2D eigenvalue weighted by Crippen LogP contribution is 2.61. The Hall–Kier alpha value is -3.00. The summed E-state index contributed by atoms with van der Waals surface area (Å²) in [6.45, 7) is -4.96. The average Bonchev–Trinajstić information content (AvgIpc) is 3.00. The number of alkyl halides is 26. The predicted molar refractivity (Wildman–Crippen MR) is 126 cm³/mol. The van der Waals surface area contributed by atoms with E-state index in [4.69, 9.17) is 0 Å². The van der Waals surface area contributed by atoms with Crippen molar-refractivity contribution in [2.24, 2.45) is 0 Å². The van der Waals surface area contributed by atoms with Gasteiger partial charge in [0.1, 0.15) is 0 Å². The number of halogens is 26. The first-order chi connectivity index (χ1) is 24.0. The molecule has 2 amide bonds. The quantitative estimate of drug-likeness (QED) is 0.0737. The largest absolute Gasteiger partial charge is 0.460 e. The molecular weight excluding hydrogens is 860 g/mol. The minimum Gasteiger partial charge on any atom is -0.349 e. The molecule has 0 atom stereocenters. The van der Waals surface area contributed by atoms with E-state index >= 15 is 0 Å². The number of carbonyl (C=O) groups excluding carboxylic acids is 2. The summed E-state index contributed by atoms with van der Waals surface area (Å²) in [4.78, 5) is 22.6. The highest BCUT2D eigenvalue weighted by molar-refractivity contribution is 5.85. The Morgan fingerprint density at radius 1 is 0.273 bits per heavy atom. The lowest BCUT2D eigenvalue weighted by Crippen LogP contribution is -2.72. The number of amides is 2. The van der Waals surface area contributed by atoms with Crippen molar-refractivity contribution in [2.45, 2.75) is 71.6 Å². The van der Waals surface area contributed by atoms with Gasteiger partial charge in [0.25, 0.3) is 11.8 Å². The van der Waals surface area contributed by atoms with E-state index in [0.717, 1.165) is 10.6 Å². The summed E-state index contributed by atoms with van der Waals surface area (Å²) in [7, 11) is 0. The summed E-state index contributed by atoms with van der Waals surface area (Å²) in [6.07, 6.45) is -15.3. The van der Waals surface area contributed by atoms with Crippen LogP contribution in [0.25, 0.3) is 0 Å². The molecular formula is C22H21F26N5O2. The summed E-state index contributed by atoms with van der Waals surface area (Å²) in [5, 5.41) is 8.45. The lowest BCUT2D eigenvalue weighted by atomic mass is 9.93. The maximum Gasteiger partial charge on any atom is 0.460 e. The molecule has 0 spiro atoms. The second kappa shape index (κ2) is 16.5. The van der Waals surface area contributed by atoms with Gasteiger partial charge in [-0.3, -0.25) is 9.59 Å². The molecule has 7 nitrogen and oxygen atoms in total. The lowest BCUT2D eigenvalue weighted by Gasteiger charge is -2.39. The summed E-state index contributed by atoms with van der Waals surface area (Å²) in [5.74, 6) is -85.5. The van der Waals surface area contributed by atoms with Gasteiger partial charge in [0, 0.05) is 52.4 Å².